The molecule has 0 radical (unpaired) electrons. The van der Waals surface area contributed by atoms with Crippen molar-refractivity contribution in [2.75, 3.05) is 24.4 Å². The maximum absolute atomic E-state index is 13.4. The number of hydrogen-bond acceptors (Lipinski definition) is 5. The molecule has 0 saturated heterocycles. The summed E-state index contributed by atoms with van der Waals surface area (Å²) in [6, 6.07) is 13.4. The minimum absolute atomic E-state index is 0.0648. The van der Waals surface area contributed by atoms with Gasteiger partial charge in [-0.2, -0.15) is 0 Å². The number of carbonyl (C=O) groups is 3. The number of fused-ring (bicyclic) bond motifs is 1. The van der Waals surface area contributed by atoms with E-state index in [1.165, 1.54) is 7.11 Å². The molecule has 196 valence electrons. The Bertz CT molecular complexity index is 1300. The lowest BCUT2D eigenvalue weighted by atomic mass is 10.0. The Morgan fingerprint density at radius 1 is 0.892 bits per heavy atom. The molecule has 1 atom stereocenters. The molecule has 0 aliphatic carbocycles. The Balaban J connectivity index is 1.91. The third-order valence-corrected chi connectivity index (χ3v) is 5.77. The van der Waals surface area contributed by atoms with Gasteiger partial charge in [0, 0.05) is 5.69 Å². The standard InChI is InChI=1S/C29H35N3O5/c1-17-12-18(2)25(19(3)13-17)32-28(35)31-23-15-21-11-9-8-10-20(21)14-22(23)26(33)30-24(27(34)36-7)16-37-29(4,5)6/h8-15,24H,16H2,1-7H3,(H,30,33)(H2,31,32,35)/t24-/m0/s1. The fraction of sp³-hybridized carbons (Fsp3) is 0.345. The Labute approximate surface area is 217 Å². The van der Waals surface area contributed by atoms with Crippen molar-refractivity contribution in [1.82, 2.24) is 5.32 Å². The third-order valence-electron chi connectivity index (χ3n) is 5.77. The van der Waals surface area contributed by atoms with E-state index in [1.807, 2.05) is 77.9 Å². The van der Waals surface area contributed by atoms with Crippen LogP contribution < -0.4 is 16.0 Å². The van der Waals surface area contributed by atoms with Crippen LogP contribution in [-0.2, 0) is 14.3 Å². The van der Waals surface area contributed by atoms with Gasteiger partial charge < -0.3 is 25.4 Å². The lowest BCUT2D eigenvalue weighted by Gasteiger charge is -2.24. The largest absolute Gasteiger partial charge is 0.467 e. The molecular formula is C29H35N3O5. The van der Waals surface area contributed by atoms with Crippen LogP contribution in [0.25, 0.3) is 10.8 Å². The summed E-state index contributed by atoms with van der Waals surface area (Å²) >= 11 is 0. The van der Waals surface area contributed by atoms with Crippen LogP contribution in [0.5, 0.6) is 0 Å². The highest BCUT2D eigenvalue weighted by Gasteiger charge is 2.26. The van der Waals surface area contributed by atoms with E-state index in [9.17, 15) is 14.4 Å². The van der Waals surface area contributed by atoms with Gasteiger partial charge in [-0.25, -0.2) is 9.59 Å². The zero-order chi connectivity index (χ0) is 27.3. The molecule has 0 heterocycles. The van der Waals surface area contributed by atoms with E-state index in [1.54, 1.807) is 12.1 Å². The second-order valence-electron chi connectivity index (χ2n) is 10.1. The van der Waals surface area contributed by atoms with Crippen molar-refractivity contribution in [2.24, 2.45) is 0 Å². The number of benzene rings is 3. The van der Waals surface area contributed by atoms with Crippen LogP contribution in [-0.4, -0.2) is 43.3 Å². The van der Waals surface area contributed by atoms with Gasteiger partial charge in [0.1, 0.15) is 0 Å². The molecule has 0 fully saturated rings. The molecule has 3 amide bonds. The van der Waals surface area contributed by atoms with Crippen LogP contribution in [0.1, 0.15) is 47.8 Å². The summed E-state index contributed by atoms with van der Waals surface area (Å²) in [5.41, 5.74) is 3.67. The normalized spacial score (nSPS) is 12.1. The lowest BCUT2D eigenvalue weighted by molar-refractivity contribution is -0.146. The molecule has 0 aliphatic heterocycles. The summed E-state index contributed by atoms with van der Waals surface area (Å²) in [4.78, 5) is 38.8. The monoisotopic (exact) mass is 505 g/mol. The number of urea groups is 1. The fourth-order valence-corrected chi connectivity index (χ4v) is 4.06. The van der Waals surface area contributed by atoms with Gasteiger partial charge in [0.15, 0.2) is 6.04 Å². The minimum atomic E-state index is -1.03. The molecule has 0 aromatic heterocycles. The number of amides is 3. The second-order valence-corrected chi connectivity index (χ2v) is 10.1. The number of esters is 1. The number of carbonyl (C=O) groups excluding carboxylic acids is 3. The quantitative estimate of drug-likeness (QED) is 0.368. The van der Waals surface area contributed by atoms with Crippen molar-refractivity contribution < 1.29 is 23.9 Å². The summed E-state index contributed by atoms with van der Waals surface area (Å²) in [6.07, 6.45) is 0. The maximum Gasteiger partial charge on any atom is 0.330 e. The molecule has 0 spiro atoms. The highest BCUT2D eigenvalue weighted by Crippen LogP contribution is 2.26. The van der Waals surface area contributed by atoms with E-state index in [-0.39, 0.29) is 12.2 Å². The first-order chi connectivity index (χ1) is 17.4. The van der Waals surface area contributed by atoms with Crippen LogP contribution in [0.4, 0.5) is 16.2 Å². The molecule has 3 aromatic rings. The first-order valence-electron chi connectivity index (χ1n) is 12.1. The van der Waals surface area contributed by atoms with Crippen LogP contribution in [0.2, 0.25) is 0 Å². The number of methoxy groups -OCH3 is 1. The first kappa shape index (κ1) is 27.7. The first-order valence-corrected chi connectivity index (χ1v) is 12.1. The highest BCUT2D eigenvalue weighted by molar-refractivity contribution is 6.10. The van der Waals surface area contributed by atoms with E-state index >= 15 is 0 Å². The van der Waals surface area contributed by atoms with Crippen molar-refractivity contribution in [2.45, 2.75) is 53.2 Å². The Kier molecular flexibility index (Phi) is 8.55. The van der Waals surface area contributed by atoms with Gasteiger partial charge in [-0.3, -0.25) is 4.79 Å². The van der Waals surface area contributed by atoms with Crippen LogP contribution in [0.3, 0.4) is 0 Å². The Morgan fingerprint density at radius 2 is 1.49 bits per heavy atom. The molecule has 3 rings (SSSR count). The molecule has 3 N–H and O–H groups in total. The van der Waals surface area contributed by atoms with E-state index in [0.29, 0.717) is 11.4 Å². The van der Waals surface area contributed by atoms with Crippen molar-refractivity contribution in [3.8, 4) is 0 Å². The van der Waals surface area contributed by atoms with Crippen LogP contribution in [0, 0.1) is 20.8 Å². The van der Waals surface area contributed by atoms with Crippen molar-refractivity contribution in [3.63, 3.8) is 0 Å². The molecular weight excluding hydrogens is 470 g/mol. The number of anilines is 2. The summed E-state index contributed by atoms with van der Waals surface area (Å²) in [7, 11) is 1.25. The SMILES string of the molecule is COC(=O)[C@H](COC(C)(C)C)NC(=O)c1cc2ccccc2cc1NC(=O)Nc1c(C)cc(C)cc1C. The topological polar surface area (TPSA) is 106 Å². The van der Waals surface area contributed by atoms with Crippen LogP contribution in [0.15, 0.2) is 48.5 Å². The van der Waals surface area contributed by atoms with E-state index in [2.05, 4.69) is 16.0 Å². The van der Waals surface area contributed by atoms with Crippen molar-refractivity contribution in [3.05, 3.63) is 70.8 Å². The van der Waals surface area contributed by atoms with Crippen molar-refractivity contribution in [1.29, 1.82) is 0 Å². The Morgan fingerprint density at radius 3 is 2.05 bits per heavy atom. The van der Waals surface area contributed by atoms with Crippen molar-refractivity contribution >= 4 is 40.1 Å². The average molecular weight is 506 g/mol. The molecule has 0 aliphatic rings. The summed E-state index contributed by atoms with van der Waals surface area (Å²) in [5.74, 6) is -1.17. The van der Waals surface area contributed by atoms with E-state index in [0.717, 1.165) is 27.5 Å². The van der Waals surface area contributed by atoms with Gasteiger partial charge in [-0.15, -0.1) is 0 Å². The molecule has 3 aromatic carbocycles. The molecule has 37 heavy (non-hydrogen) atoms. The van der Waals surface area contributed by atoms with Gasteiger partial charge in [0.25, 0.3) is 5.91 Å². The predicted octanol–water partition coefficient (Wildman–Crippen LogP) is 5.50. The maximum atomic E-state index is 13.4. The molecule has 0 unspecified atom stereocenters. The molecule has 8 nitrogen and oxygen atoms in total. The van der Waals surface area contributed by atoms with Gasteiger partial charge in [-0.05, 0) is 75.6 Å². The summed E-state index contributed by atoms with van der Waals surface area (Å²) in [5, 5.41) is 10.1. The van der Waals surface area contributed by atoms with Gasteiger partial charge in [0.05, 0.1) is 30.6 Å². The number of rotatable bonds is 7. The van der Waals surface area contributed by atoms with E-state index < -0.39 is 29.6 Å². The van der Waals surface area contributed by atoms with Crippen LogP contribution >= 0.6 is 0 Å². The third kappa shape index (κ3) is 7.30. The number of nitrogens with one attached hydrogen (secondary N) is 3. The lowest BCUT2D eigenvalue weighted by Crippen LogP contribution is -2.46. The van der Waals surface area contributed by atoms with Gasteiger partial charge >= 0.3 is 12.0 Å². The summed E-state index contributed by atoms with van der Waals surface area (Å²) in [6.45, 7) is 11.3. The van der Waals surface area contributed by atoms with Gasteiger partial charge in [0.2, 0.25) is 0 Å². The highest BCUT2D eigenvalue weighted by atomic mass is 16.5. The zero-order valence-electron chi connectivity index (χ0n) is 22.4. The molecule has 0 saturated carbocycles. The Hall–Kier alpha value is -3.91. The number of hydrogen-bond donors (Lipinski definition) is 3. The average Bonchev–Trinajstić information content (AvgIpc) is 2.82. The molecule has 0 bridgehead atoms. The van der Waals surface area contributed by atoms with E-state index in [4.69, 9.17) is 9.47 Å². The minimum Gasteiger partial charge on any atom is -0.467 e. The molecule has 8 heteroatoms. The van der Waals surface area contributed by atoms with Gasteiger partial charge in [-0.1, -0.05) is 42.0 Å². The predicted molar refractivity (Wildman–Crippen MR) is 146 cm³/mol. The number of aryl methyl sites for hydroxylation is 3. The smallest absolute Gasteiger partial charge is 0.330 e. The second kappa shape index (κ2) is 11.4. The fourth-order valence-electron chi connectivity index (χ4n) is 4.06. The summed E-state index contributed by atoms with van der Waals surface area (Å²) < 4.78 is 10.6. The number of ether oxygens (including phenoxy) is 2. The zero-order valence-corrected chi connectivity index (χ0v) is 22.4.